The summed E-state index contributed by atoms with van der Waals surface area (Å²) in [6.07, 6.45) is 5.78. The van der Waals surface area contributed by atoms with Crippen molar-refractivity contribution in [3.8, 4) is 0 Å². The minimum atomic E-state index is 0.0787. The van der Waals surface area contributed by atoms with Gasteiger partial charge in [0.1, 0.15) is 0 Å². The molecule has 0 amide bonds. The van der Waals surface area contributed by atoms with Gasteiger partial charge in [-0.25, -0.2) is 0 Å². The van der Waals surface area contributed by atoms with Crippen LogP contribution in [0.4, 0.5) is 0 Å². The summed E-state index contributed by atoms with van der Waals surface area (Å²) in [7, 11) is 0. The van der Waals surface area contributed by atoms with Crippen LogP contribution in [0.3, 0.4) is 0 Å². The monoisotopic (exact) mass is 143 g/mol. The Morgan fingerprint density at radius 1 is 1.67 bits per heavy atom. The third-order valence-electron chi connectivity index (χ3n) is 1.45. The maximum Gasteiger partial charge on any atom is 0.0598 e. The van der Waals surface area contributed by atoms with E-state index in [1.165, 1.54) is 0 Å². The highest BCUT2D eigenvalue weighted by Gasteiger charge is 2.11. The average Bonchev–Trinajstić information content (AvgIpc) is 1.80. The molecule has 0 aliphatic heterocycles. The van der Waals surface area contributed by atoms with Gasteiger partial charge in [-0.15, -0.1) is 11.6 Å². The lowest BCUT2D eigenvalue weighted by atomic mass is 10.0. The summed E-state index contributed by atoms with van der Waals surface area (Å²) in [5.41, 5.74) is 6.25. The Labute approximate surface area is 60.2 Å². The van der Waals surface area contributed by atoms with Crippen LogP contribution in [0.25, 0.3) is 0 Å². The molecule has 50 valence electrons. The highest BCUT2D eigenvalue weighted by molar-refractivity contribution is 6.22. The molecule has 2 atom stereocenters. The second kappa shape index (κ2) is 2.44. The van der Waals surface area contributed by atoms with Crippen LogP contribution in [0.2, 0.25) is 0 Å². The Morgan fingerprint density at radius 3 is 2.78 bits per heavy atom. The molecule has 2 heteroatoms. The van der Waals surface area contributed by atoms with Crippen LogP contribution < -0.4 is 5.73 Å². The first-order valence-electron chi connectivity index (χ1n) is 2.99. The summed E-state index contributed by atoms with van der Waals surface area (Å²) in [6, 6.07) is 0. The van der Waals surface area contributed by atoms with Gasteiger partial charge in [0.25, 0.3) is 0 Å². The molecule has 1 nitrogen and oxygen atoms in total. The van der Waals surface area contributed by atoms with Gasteiger partial charge in [0.05, 0.1) is 5.38 Å². The Hall–Kier alpha value is -0.430. The molecular formula is C7H10ClN. The van der Waals surface area contributed by atoms with Crippen LogP contribution in [-0.2, 0) is 0 Å². The van der Waals surface area contributed by atoms with Crippen molar-refractivity contribution in [3.05, 3.63) is 23.9 Å². The van der Waals surface area contributed by atoms with Gasteiger partial charge in [0.2, 0.25) is 0 Å². The Kier molecular flexibility index (Phi) is 1.81. The molecule has 0 bridgehead atoms. The van der Waals surface area contributed by atoms with Gasteiger partial charge in [-0.3, -0.25) is 0 Å². The molecule has 2 N–H and O–H groups in total. The molecule has 0 fully saturated rings. The van der Waals surface area contributed by atoms with E-state index in [0.717, 1.165) is 5.70 Å². The Morgan fingerprint density at radius 2 is 2.33 bits per heavy atom. The lowest BCUT2D eigenvalue weighted by molar-refractivity contribution is 0.738. The fourth-order valence-corrected chi connectivity index (χ4v) is 0.990. The van der Waals surface area contributed by atoms with Crippen molar-refractivity contribution in [2.45, 2.75) is 12.3 Å². The van der Waals surface area contributed by atoms with Crippen molar-refractivity contribution in [3.63, 3.8) is 0 Å². The zero-order chi connectivity index (χ0) is 6.85. The molecule has 0 spiro atoms. The summed E-state index contributed by atoms with van der Waals surface area (Å²) in [5, 5.41) is 0.0787. The summed E-state index contributed by atoms with van der Waals surface area (Å²) in [4.78, 5) is 0. The molecule has 2 unspecified atom stereocenters. The second-order valence-electron chi connectivity index (χ2n) is 2.33. The van der Waals surface area contributed by atoms with Crippen molar-refractivity contribution in [1.29, 1.82) is 0 Å². The van der Waals surface area contributed by atoms with Crippen molar-refractivity contribution < 1.29 is 0 Å². The molecule has 9 heavy (non-hydrogen) atoms. The minimum Gasteiger partial charge on any atom is -0.399 e. The number of nitrogens with two attached hydrogens (primary N) is 1. The van der Waals surface area contributed by atoms with Crippen LogP contribution in [-0.4, -0.2) is 5.38 Å². The number of allylic oxidation sites excluding steroid dienone is 3. The molecule has 0 aromatic carbocycles. The molecule has 0 aromatic heterocycles. The number of hydrogen-bond acceptors (Lipinski definition) is 1. The molecule has 0 heterocycles. The van der Waals surface area contributed by atoms with E-state index in [9.17, 15) is 0 Å². The summed E-state index contributed by atoms with van der Waals surface area (Å²) in [6.45, 7) is 2.07. The molecule has 0 aromatic rings. The Bertz CT molecular complexity index is 160. The third kappa shape index (κ3) is 1.49. The smallest absolute Gasteiger partial charge is 0.0598 e. The fourth-order valence-electron chi connectivity index (χ4n) is 0.760. The SMILES string of the molecule is CC1C=CC(N)=CC1Cl. The summed E-state index contributed by atoms with van der Waals surface area (Å²) >= 11 is 5.85. The van der Waals surface area contributed by atoms with Gasteiger partial charge >= 0.3 is 0 Å². The van der Waals surface area contributed by atoms with Crippen molar-refractivity contribution in [2.24, 2.45) is 11.7 Å². The van der Waals surface area contributed by atoms with E-state index in [1.807, 2.05) is 18.2 Å². The Balaban J connectivity index is 2.70. The predicted molar refractivity (Wildman–Crippen MR) is 40.2 cm³/mol. The average molecular weight is 144 g/mol. The van der Waals surface area contributed by atoms with Gasteiger partial charge < -0.3 is 5.73 Å². The highest BCUT2D eigenvalue weighted by atomic mass is 35.5. The van der Waals surface area contributed by atoms with Gasteiger partial charge in [-0.1, -0.05) is 13.0 Å². The van der Waals surface area contributed by atoms with Crippen LogP contribution in [0.15, 0.2) is 23.9 Å². The molecule has 0 saturated heterocycles. The van der Waals surface area contributed by atoms with Gasteiger partial charge in [-0.05, 0) is 18.1 Å². The third-order valence-corrected chi connectivity index (χ3v) is 1.97. The van der Waals surface area contributed by atoms with Crippen molar-refractivity contribution in [2.75, 3.05) is 0 Å². The van der Waals surface area contributed by atoms with Crippen LogP contribution >= 0.6 is 11.6 Å². The van der Waals surface area contributed by atoms with Crippen LogP contribution in [0.5, 0.6) is 0 Å². The maximum absolute atomic E-state index is 5.85. The minimum absolute atomic E-state index is 0.0787. The number of halogens is 1. The topological polar surface area (TPSA) is 26.0 Å². The summed E-state index contributed by atoms with van der Waals surface area (Å²) < 4.78 is 0. The molecule has 1 rings (SSSR count). The number of alkyl halides is 1. The normalized spacial score (nSPS) is 34.2. The van der Waals surface area contributed by atoms with E-state index in [0.29, 0.717) is 5.92 Å². The molecule has 0 radical (unpaired) electrons. The first-order chi connectivity index (χ1) is 4.20. The first-order valence-corrected chi connectivity index (χ1v) is 3.43. The zero-order valence-electron chi connectivity index (χ0n) is 5.34. The quantitative estimate of drug-likeness (QED) is 0.513. The van der Waals surface area contributed by atoms with E-state index >= 15 is 0 Å². The van der Waals surface area contributed by atoms with Gasteiger partial charge in [-0.2, -0.15) is 0 Å². The molecular weight excluding hydrogens is 134 g/mol. The number of hydrogen-bond donors (Lipinski definition) is 1. The van der Waals surface area contributed by atoms with Crippen LogP contribution in [0, 0.1) is 5.92 Å². The largest absolute Gasteiger partial charge is 0.399 e. The molecule has 1 aliphatic carbocycles. The van der Waals surface area contributed by atoms with Crippen molar-refractivity contribution >= 4 is 11.6 Å². The van der Waals surface area contributed by atoms with Crippen LogP contribution in [0.1, 0.15) is 6.92 Å². The fraction of sp³-hybridized carbons (Fsp3) is 0.429. The van der Waals surface area contributed by atoms with Gasteiger partial charge in [0, 0.05) is 5.70 Å². The zero-order valence-corrected chi connectivity index (χ0v) is 6.10. The second-order valence-corrected chi connectivity index (χ2v) is 2.83. The predicted octanol–water partition coefficient (Wildman–Crippen LogP) is 1.64. The van der Waals surface area contributed by atoms with E-state index in [1.54, 1.807) is 0 Å². The van der Waals surface area contributed by atoms with Crippen molar-refractivity contribution in [1.82, 2.24) is 0 Å². The van der Waals surface area contributed by atoms with E-state index in [4.69, 9.17) is 17.3 Å². The van der Waals surface area contributed by atoms with Gasteiger partial charge in [0.15, 0.2) is 0 Å². The summed E-state index contributed by atoms with van der Waals surface area (Å²) in [5.74, 6) is 0.416. The van der Waals surface area contributed by atoms with E-state index in [-0.39, 0.29) is 5.38 Å². The van der Waals surface area contributed by atoms with E-state index < -0.39 is 0 Å². The van der Waals surface area contributed by atoms with E-state index in [2.05, 4.69) is 6.92 Å². The first kappa shape index (κ1) is 6.69. The number of rotatable bonds is 0. The standard InChI is InChI=1S/C7H10ClN/c1-5-2-3-6(9)4-7(5)8/h2-5,7H,9H2,1H3. The molecule has 1 aliphatic rings. The lowest BCUT2D eigenvalue weighted by Crippen LogP contribution is -2.12. The highest BCUT2D eigenvalue weighted by Crippen LogP contribution is 2.18. The molecule has 0 saturated carbocycles. The maximum atomic E-state index is 5.85. The lowest BCUT2D eigenvalue weighted by Gasteiger charge is -2.14.